The van der Waals surface area contributed by atoms with Crippen LogP contribution in [0, 0.1) is 17.0 Å². The molecule has 0 aliphatic carbocycles. The second-order valence-electron chi connectivity index (χ2n) is 4.58. The summed E-state index contributed by atoms with van der Waals surface area (Å²) in [6.45, 7) is 2.51. The number of methoxy groups -OCH3 is 1. The molecule has 5 nitrogen and oxygen atoms in total. The van der Waals surface area contributed by atoms with Gasteiger partial charge in [0.05, 0.1) is 12.0 Å². The molecule has 0 unspecified atom stereocenters. The molecule has 0 heterocycles. The third-order valence-corrected chi connectivity index (χ3v) is 3.60. The van der Waals surface area contributed by atoms with Gasteiger partial charge in [0.25, 0.3) is 0 Å². The first-order chi connectivity index (χ1) is 10.0. The normalized spacial score (nSPS) is 10.2. The van der Waals surface area contributed by atoms with Crippen LogP contribution in [0.1, 0.15) is 11.1 Å². The van der Waals surface area contributed by atoms with E-state index in [1.807, 2.05) is 31.2 Å². The Morgan fingerprint density at radius 3 is 2.67 bits per heavy atom. The maximum Gasteiger partial charge on any atom is 0.311 e. The zero-order valence-corrected chi connectivity index (χ0v) is 13.3. The Labute approximate surface area is 131 Å². The van der Waals surface area contributed by atoms with Crippen LogP contribution < -0.4 is 10.1 Å². The molecule has 0 spiro atoms. The van der Waals surface area contributed by atoms with E-state index in [1.165, 1.54) is 13.2 Å². The number of nitrogens with zero attached hydrogens (tertiary/aromatic N) is 1. The molecule has 0 aliphatic heterocycles. The number of halogens is 1. The van der Waals surface area contributed by atoms with Crippen molar-refractivity contribution in [1.29, 1.82) is 0 Å². The van der Waals surface area contributed by atoms with Crippen molar-refractivity contribution in [3.8, 4) is 5.75 Å². The zero-order chi connectivity index (χ0) is 15.4. The number of nitro benzene ring substituents is 1. The van der Waals surface area contributed by atoms with Crippen LogP contribution in [0.2, 0.25) is 0 Å². The number of aryl methyl sites for hydroxylation is 1. The number of nitro groups is 1. The van der Waals surface area contributed by atoms with Gasteiger partial charge in [-0.05, 0) is 42.3 Å². The van der Waals surface area contributed by atoms with Crippen LogP contribution in [-0.2, 0) is 6.54 Å². The maximum absolute atomic E-state index is 11.0. The van der Waals surface area contributed by atoms with E-state index in [9.17, 15) is 10.1 Å². The van der Waals surface area contributed by atoms with Gasteiger partial charge in [0, 0.05) is 22.8 Å². The number of benzene rings is 2. The summed E-state index contributed by atoms with van der Waals surface area (Å²) in [5.74, 6) is 0.267. The zero-order valence-electron chi connectivity index (χ0n) is 11.7. The first kappa shape index (κ1) is 15.3. The van der Waals surface area contributed by atoms with Gasteiger partial charge in [-0.15, -0.1) is 0 Å². The number of hydrogen-bond acceptors (Lipinski definition) is 4. The molecule has 2 rings (SSSR count). The monoisotopic (exact) mass is 350 g/mol. The number of rotatable bonds is 5. The van der Waals surface area contributed by atoms with Crippen molar-refractivity contribution in [3.63, 3.8) is 0 Å². The third-order valence-electron chi connectivity index (χ3n) is 3.11. The van der Waals surface area contributed by atoms with Crippen molar-refractivity contribution in [1.82, 2.24) is 0 Å². The maximum atomic E-state index is 11.0. The van der Waals surface area contributed by atoms with E-state index >= 15 is 0 Å². The van der Waals surface area contributed by atoms with E-state index in [0.29, 0.717) is 6.54 Å². The van der Waals surface area contributed by atoms with Gasteiger partial charge in [-0.3, -0.25) is 10.1 Å². The lowest BCUT2D eigenvalue weighted by atomic mass is 10.1. The Morgan fingerprint density at radius 2 is 2.05 bits per heavy atom. The highest BCUT2D eigenvalue weighted by atomic mass is 79.9. The minimum atomic E-state index is -0.437. The molecule has 0 radical (unpaired) electrons. The van der Waals surface area contributed by atoms with E-state index in [1.54, 1.807) is 6.07 Å². The summed E-state index contributed by atoms with van der Waals surface area (Å²) >= 11 is 3.42. The highest BCUT2D eigenvalue weighted by Crippen LogP contribution is 2.28. The van der Waals surface area contributed by atoms with Crippen LogP contribution in [0.15, 0.2) is 40.9 Å². The highest BCUT2D eigenvalue weighted by Gasteiger charge is 2.15. The van der Waals surface area contributed by atoms with Gasteiger partial charge in [0.15, 0.2) is 5.75 Å². The largest absolute Gasteiger partial charge is 0.490 e. The van der Waals surface area contributed by atoms with Crippen LogP contribution >= 0.6 is 15.9 Å². The second-order valence-corrected chi connectivity index (χ2v) is 5.49. The minimum Gasteiger partial charge on any atom is -0.490 e. The summed E-state index contributed by atoms with van der Waals surface area (Å²) in [5.41, 5.74) is 2.90. The molecule has 0 saturated carbocycles. The fourth-order valence-electron chi connectivity index (χ4n) is 2.01. The molecule has 110 valence electrons. The summed E-state index contributed by atoms with van der Waals surface area (Å²) in [5, 5.41) is 14.3. The van der Waals surface area contributed by atoms with Crippen molar-refractivity contribution < 1.29 is 9.66 Å². The average molecular weight is 351 g/mol. The van der Waals surface area contributed by atoms with Crippen LogP contribution in [0.25, 0.3) is 0 Å². The Bertz CT molecular complexity index is 674. The average Bonchev–Trinajstić information content (AvgIpc) is 2.46. The van der Waals surface area contributed by atoms with Gasteiger partial charge in [-0.1, -0.05) is 22.0 Å². The van der Waals surface area contributed by atoms with Crippen LogP contribution in [-0.4, -0.2) is 12.0 Å². The molecule has 21 heavy (non-hydrogen) atoms. The quantitative estimate of drug-likeness (QED) is 0.645. The molecule has 0 amide bonds. The van der Waals surface area contributed by atoms with E-state index < -0.39 is 4.92 Å². The topological polar surface area (TPSA) is 64.4 Å². The molecule has 0 aromatic heterocycles. The number of hydrogen-bond donors (Lipinski definition) is 1. The Balaban J connectivity index is 2.16. The fourth-order valence-corrected chi connectivity index (χ4v) is 2.49. The molecular weight excluding hydrogens is 336 g/mol. The van der Waals surface area contributed by atoms with E-state index in [4.69, 9.17) is 4.74 Å². The summed E-state index contributed by atoms with van der Waals surface area (Å²) in [4.78, 5) is 10.6. The van der Waals surface area contributed by atoms with Gasteiger partial charge in [0.1, 0.15) is 0 Å². The van der Waals surface area contributed by atoms with Gasteiger partial charge in [-0.25, -0.2) is 0 Å². The predicted octanol–water partition coefficient (Wildman–Crippen LogP) is 4.29. The first-order valence-electron chi connectivity index (χ1n) is 6.32. The summed E-state index contributed by atoms with van der Waals surface area (Å²) in [7, 11) is 1.42. The second kappa shape index (κ2) is 6.58. The molecule has 6 heteroatoms. The third kappa shape index (κ3) is 3.72. The smallest absolute Gasteiger partial charge is 0.311 e. The standard InChI is InChI=1S/C15H15BrN2O3/c1-10-7-12(16)4-5-13(10)17-9-11-3-6-15(21-2)14(8-11)18(19)20/h3-8,17H,9H2,1-2H3. The molecule has 1 N–H and O–H groups in total. The van der Waals surface area contributed by atoms with Crippen molar-refractivity contribution >= 4 is 27.3 Å². The lowest BCUT2D eigenvalue weighted by Gasteiger charge is -2.10. The molecular formula is C15H15BrN2O3. The van der Waals surface area contributed by atoms with E-state index in [2.05, 4.69) is 21.2 Å². The lowest BCUT2D eigenvalue weighted by Crippen LogP contribution is -2.02. The minimum absolute atomic E-state index is 0.0238. The van der Waals surface area contributed by atoms with Crippen LogP contribution in [0.5, 0.6) is 5.75 Å². The number of nitrogens with one attached hydrogen (secondary N) is 1. The van der Waals surface area contributed by atoms with Crippen LogP contribution in [0.3, 0.4) is 0 Å². The molecule has 0 atom stereocenters. The molecule has 0 fully saturated rings. The Kier molecular flexibility index (Phi) is 4.80. The van der Waals surface area contributed by atoms with E-state index in [-0.39, 0.29) is 11.4 Å². The fraction of sp³-hybridized carbons (Fsp3) is 0.200. The Hall–Kier alpha value is -2.08. The van der Waals surface area contributed by atoms with Gasteiger partial charge < -0.3 is 10.1 Å². The highest BCUT2D eigenvalue weighted by molar-refractivity contribution is 9.10. The molecule has 0 aliphatic rings. The Morgan fingerprint density at radius 1 is 1.29 bits per heavy atom. The SMILES string of the molecule is COc1ccc(CNc2ccc(Br)cc2C)cc1[N+](=O)[O-]. The molecule has 2 aromatic carbocycles. The molecule has 2 aromatic rings. The lowest BCUT2D eigenvalue weighted by molar-refractivity contribution is -0.385. The van der Waals surface area contributed by atoms with Gasteiger partial charge >= 0.3 is 5.69 Å². The van der Waals surface area contributed by atoms with Crippen molar-refractivity contribution in [2.24, 2.45) is 0 Å². The summed E-state index contributed by atoms with van der Waals surface area (Å²) in [6, 6.07) is 10.9. The molecule has 0 saturated heterocycles. The first-order valence-corrected chi connectivity index (χ1v) is 7.12. The predicted molar refractivity (Wildman–Crippen MR) is 85.9 cm³/mol. The number of anilines is 1. The van der Waals surface area contributed by atoms with Gasteiger partial charge in [0.2, 0.25) is 0 Å². The van der Waals surface area contributed by atoms with Crippen molar-refractivity contribution in [3.05, 3.63) is 62.1 Å². The van der Waals surface area contributed by atoms with E-state index in [0.717, 1.165) is 21.3 Å². The summed E-state index contributed by atoms with van der Waals surface area (Å²) in [6.07, 6.45) is 0. The van der Waals surface area contributed by atoms with Crippen molar-refractivity contribution in [2.45, 2.75) is 13.5 Å². The van der Waals surface area contributed by atoms with Crippen LogP contribution in [0.4, 0.5) is 11.4 Å². The molecule has 0 bridgehead atoms. The van der Waals surface area contributed by atoms with Gasteiger partial charge in [-0.2, -0.15) is 0 Å². The van der Waals surface area contributed by atoms with Crippen molar-refractivity contribution in [2.75, 3.05) is 12.4 Å². The summed E-state index contributed by atoms with van der Waals surface area (Å²) < 4.78 is 6.01. The number of ether oxygens (including phenoxy) is 1.